The molecule has 0 unspecified atom stereocenters. The minimum atomic E-state index is -0.500. The van der Waals surface area contributed by atoms with Crippen LogP contribution >= 0.6 is 0 Å². The number of rotatable bonds is 4. The molecule has 0 atom stereocenters. The summed E-state index contributed by atoms with van der Waals surface area (Å²) < 4.78 is 0. The Labute approximate surface area is 156 Å². The van der Waals surface area contributed by atoms with Crippen LogP contribution in [0.4, 0.5) is 11.4 Å². The predicted octanol–water partition coefficient (Wildman–Crippen LogP) is 3.14. The van der Waals surface area contributed by atoms with Crippen molar-refractivity contribution in [1.82, 2.24) is 4.90 Å². The number of hydrogen-bond acceptors (Lipinski definition) is 4. The van der Waals surface area contributed by atoms with E-state index in [9.17, 15) is 19.7 Å². The van der Waals surface area contributed by atoms with Crippen LogP contribution in [0, 0.1) is 16.0 Å². The van der Waals surface area contributed by atoms with Gasteiger partial charge in [-0.25, -0.2) is 0 Å². The van der Waals surface area contributed by atoms with E-state index in [-0.39, 0.29) is 23.4 Å². The van der Waals surface area contributed by atoms with Gasteiger partial charge in [-0.2, -0.15) is 0 Å². The molecule has 7 nitrogen and oxygen atoms in total. The zero-order valence-corrected chi connectivity index (χ0v) is 14.7. The van der Waals surface area contributed by atoms with Gasteiger partial charge < -0.3 is 10.2 Å². The summed E-state index contributed by atoms with van der Waals surface area (Å²) in [6.07, 6.45) is 2.81. The number of carbonyl (C=O) groups excluding carboxylic acids is 2. The van der Waals surface area contributed by atoms with Crippen LogP contribution in [0.25, 0.3) is 0 Å². The van der Waals surface area contributed by atoms with E-state index in [1.807, 2.05) is 23.1 Å². The summed E-state index contributed by atoms with van der Waals surface area (Å²) in [4.78, 5) is 36.8. The molecule has 1 fully saturated rings. The average Bonchev–Trinajstić information content (AvgIpc) is 3.52. The molecule has 1 aliphatic carbocycles. The van der Waals surface area contributed by atoms with Crippen LogP contribution in [0.3, 0.4) is 0 Å². The van der Waals surface area contributed by atoms with E-state index >= 15 is 0 Å². The number of nitro benzene ring substituents is 1. The molecule has 2 aliphatic rings. The van der Waals surface area contributed by atoms with E-state index in [1.54, 1.807) is 0 Å². The quantitative estimate of drug-likeness (QED) is 0.665. The van der Waals surface area contributed by atoms with Gasteiger partial charge in [0.1, 0.15) is 0 Å². The molecule has 2 aromatic rings. The topological polar surface area (TPSA) is 92.6 Å². The van der Waals surface area contributed by atoms with Crippen molar-refractivity contribution in [3.05, 3.63) is 69.3 Å². The first-order valence-corrected chi connectivity index (χ1v) is 8.97. The molecular formula is C20H19N3O4. The maximum Gasteiger partial charge on any atom is 0.269 e. The summed E-state index contributed by atoms with van der Waals surface area (Å²) in [7, 11) is 0. The third-order valence-electron chi connectivity index (χ3n) is 5.05. The molecule has 2 aromatic carbocycles. The summed E-state index contributed by atoms with van der Waals surface area (Å²) in [6, 6.07) is 11.2. The van der Waals surface area contributed by atoms with Crippen molar-refractivity contribution in [2.24, 2.45) is 5.92 Å². The van der Waals surface area contributed by atoms with Crippen LogP contribution in [-0.4, -0.2) is 28.2 Å². The zero-order valence-electron chi connectivity index (χ0n) is 14.7. The number of amides is 2. The van der Waals surface area contributed by atoms with Crippen LogP contribution < -0.4 is 5.32 Å². The van der Waals surface area contributed by atoms with Gasteiger partial charge in [0.25, 0.3) is 11.6 Å². The molecule has 7 heteroatoms. The smallest absolute Gasteiger partial charge is 0.269 e. The monoisotopic (exact) mass is 365 g/mol. The maximum absolute atomic E-state index is 12.4. The fraction of sp³-hybridized carbons (Fsp3) is 0.300. The van der Waals surface area contributed by atoms with Crippen LogP contribution in [0.1, 0.15) is 34.3 Å². The van der Waals surface area contributed by atoms with Gasteiger partial charge in [-0.3, -0.25) is 19.7 Å². The average molecular weight is 365 g/mol. The van der Waals surface area contributed by atoms with Gasteiger partial charge >= 0.3 is 0 Å². The first-order valence-electron chi connectivity index (χ1n) is 8.97. The van der Waals surface area contributed by atoms with Gasteiger partial charge in [0.05, 0.1) is 4.92 Å². The van der Waals surface area contributed by atoms with E-state index in [1.165, 1.54) is 29.8 Å². The van der Waals surface area contributed by atoms with Crippen molar-refractivity contribution in [3.63, 3.8) is 0 Å². The number of anilines is 1. The number of fused-ring (bicyclic) bond motifs is 1. The largest absolute Gasteiger partial charge is 0.338 e. The highest BCUT2D eigenvalue weighted by molar-refractivity contribution is 6.04. The number of nitrogens with zero attached hydrogens (tertiary/aromatic N) is 2. The fourth-order valence-electron chi connectivity index (χ4n) is 3.35. The minimum Gasteiger partial charge on any atom is -0.338 e. The van der Waals surface area contributed by atoms with Crippen LogP contribution in [0.5, 0.6) is 0 Å². The van der Waals surface area contributed by atoms with Gasteiger partial charge in [-0.15, -0.1) is 0 Å². The summed E-state index contributed by atoms with van der Waals surface area (Å²) in [5.74, 6) is 0.115. The molecule has 2 amide bonds. The normalized spacial score (nSPS) is 15.8. The standard InChI is InChI=1S/C20H19N3O4/c24-19(14-4-7-18(8-5-14)23(26)27)21-17-6-3-13-9-10-22(12-16(13)11-17)20(25)15-1-2-15/h3-8,11,15H,1-2,9-10,12H2,(H,21,24). The molecule has 1 aliphatic heterocycles. The highest BCUT2D eigenvalue weighted by Gasteiger charge is 2.34. The van der Waals surface area contributed by atoms with E-state index in [0.717, 1.165) is 31.4 Å². The zero-order chi connectivity index (χ0) is 19.0. The Hall–Kier alpha value is -3.22. The highest BCUT2D eigenvalue weighted by Crippen LogP contribution is 2.33. The van der Waals surface area contributed by atoms with Gasteiger partial charge in [0.15, 0.2) is 0 Å². The second-order valence-corrected chi connectivity index (χ2v) is 7.03. The lowest BCUT2D eigenvalue weighted by Crippen LogP contribution is -2.36. The Balaban J connectivity index is 1.47. The van der Waals surface area contributed by atoms with Gasteiger partial charge in [0, 0.05) is 42.4 Å². The number of benzene rings is 2. The Bertz CT molecular complexity index is 919. The molecule has 27 heavy (non-hydrogen) atoms. The molecular weight excluding hydrogens is 346 g/mol. The number of non-ortho nitro benzene ring substituents is 1. The summed E-state index contributed by atoms with van der Waals surface area (Å²) >= 11 is 0. The molecule has 1 saturated carbocycles. The molecule has 4 rings (SSSR count). The molecule has 0 bridgehead atoms. The van der Waals surface area contributed by atoms with Crippen molar-refractivity contribution < 1.29 is 14.5 Å². The SMILES string of the molecule is O=C(Nc1ccc2c(c1)CN(C(=O)C1CC1)CC2)c1ccc([N+](=O)[O-])cc1. The lowest BCUT2D eigenvalue weighted by atomic mass is 9.98. The molecule has 0 radical (unpaired) electrons. The van der Waals surface area contributed by atoms with Gasteiger partial charge in [-0.05, 0) is 54.7 Å². The third kappa shape index (κ3) is 3.67. The second kappa shape index (κ2) is 6.83. The van der Waals surface area contributed by atoms with Gasteiger partial charge in [0.2, 0.25) is 5.91 Å². The molecule has 1 heterocycles. The van der Waals surface area contributed by atoms with E-state index < -0.39 is 4.92 Å². The van der Waals surface area contributed by atoms with Crippen molar-refractivity contribution in [2.75, 3.05) is 11.9 Å². The number of nitro groups is 1. The molecule has 138 valence electrons. The van der Waals surface area contributed by atoms with E-state index in [4.69, 9.17) is 0 Å². The van der Waals surface area contributed by atoms with Crippen molar-refractivity contribution in [3.8, 4) is 0 Å². The summed E-state index contributed by atoms with van der Waals surface area (Å²) in [6.45, 7) is 1.32. The Morgan fingerprint density at radius 2 is 1.81 bits per heavy atom. The first-order chi connectivity index (χ1) is 13.0. The fourth-order valence-corrected chi connectivity index (χ4v) is 3.35. The second-order valence-electron chi connectivity index (χ2n) is 7.03. The number of nitrogens with one attached hydrogen (secondary N) is 1. The van der Waals surface area contributed by atoms with Crippen LogP contribution in [-0.2, 0) is 17.8 Å². The summed E-state index contributed by atoms with van der Waals surface area (Å²) in [5.41, 5.74) is 3.20. The van der Waals surface area contributed by atoms with Crippen LogP contribution in [0.2, 0.25) is 0 Å². The van der Waals surface area contributed by atoms with Crippen LogP contribution in [0.15, 0.2) is 42.5 Å². The Morgan fingerprint density at radius 1 is 1.07 bits per heavy atom. The van der Waals surface area contributed by atoms with E-state index in [2.05, 4.69) is 5.32 Å². The Morgan fingerprint density at radius 3 is 2.48 bits per heavy atom. The molecule has 0 spiro atoms. The highest BCUT2D eigenvalue weighted by atomic mass is 16.6. The van der Waals surface area contributed by atoms with E-state index in [0.29, 0.717) is 17.8 Å². The van der Waals surface area contributed by atoms with Gasteiger partial charge in [-0.1, -0.05) is 6.07 Å². The Kier molecular flexibility index (Phi) is 4.35. The third-order valence-corrected chi connectivity index (χ3v) is 5.05. The lowest BCUT2D eigenvalue weighted by Gasteiger charge is -2.29. The number of carbonyl (C=O) groups is 2. The molecule has 1 N–H and O–H groups in total. The first kappa shape index (κ1) is 17.2. The number of hydrogen-bond donors (Lipinski definition) is 1. The minimum absolute atomic E-state index is 0.0549. The molecule has 0 saturated heterocycles. The lowest BCUT2D eigenvalue weighted by molar-refractivity contribution is -0.384. The maximum atomic E-state index is 12.4. The molecule has 0 aromatic heterocycles. The van der Waals surface area contributed by atoms with Crippen molar-refractivity contribution in [2.45, 2.75) is 25.8 Å². The summed E-state index contributed by atoms with van der Waals surface area (Å²) in [5, 5.41) is 13.5. The predicted molar refractivity (Wildman–Crippen MR) is 99.3 cm³/mol. The van der Waals surface area contributed by atoms with Crippen molar-refractivity contribution >= 4 is 23.2 Å². The van der Waals surface area contributed by atoms with Crippen molar-refractivity contribution in [1.29, 1.82) is 0 Å².